The van der Waals surface area contributed by atoms with E-state index in [4.69, 9.17) is 4.74 Å². The van der Waals surface area contributed by atoms with Gasteiger partial charge < -0.3 is 15.2 Å². The minimum Gasteiger partial charge on any atom is -0.481 e. The second kappa shape index (κ2) is 11.4. The normalized spacial score (nSPS) is 12.6. The number of sulfone groups is 1. The molecule has 0 aliphatic heterocycles. The number of hydrogen-bond acceptors (Lipinski definition) is 7. The smallest absolute Gasteiger partial charge is 0.303 e. The molecule has 0 aliphatic carbocycles. The summed E-state index contributed by atoms with van der Waals surface area (Å²) in [5.41, 5.74) is 2.54. The number of aromatic nitrogens is 1. The van der Waals surface area contributed by atoms with E-state index >= 15 is 0 Å². The minimum atomic E-state index is -3.78. The molecule has 7 nitrogen and oxygen atoms in total. The van der Waals surface area contributed by atoms with Gasteiger partial charge in [-0.25, -0.2) is 13.4 Å². The fraction of sp³-hybridized carbons (Fsp3) is 0.241. The van der Waals surface area contributed by atoms with Gasteiger partial charge >= 0.3 is 5.97 Å². The van der Waals surface area contributed by atoms with Crippen LogP contribution in [0.4, 0.5) is 10.8 Å². The molecule has 198 valence electrons. The van der Waals surface area contributed by atoms with Crippen LogP contribution in [0.5, 0.6) is 11.5 Å². The number of carboxylic acids is 1. The maximum Gasteiger partial charge on any atom is 0.303 e. The number of carbonyl (C=O) groups is 1. The first-order valence-electron chi connectivity index (χ1n) is 12.1. The number of hydrogen-bond donors (Lipinski definition) is 2. The van der Waals surface area contributed by atoms with Crippen LogP contribution in [-0.4, -0.2) is 30.2 Å². The van der Waals surface area contributed by atoms with Crippen molar-refractivity contribution in [1.82, 2.24) is 4.98 Å². The summed E-state index contributed by atoms with van der Waals surface area (Å²) in [6.07, 6.45) is -0.279. The lowest BCUT2D eigenvalue weighted by Crippen LogP contribution is -2.18. The Bertz CT molecular complexity index is 1490. The standard InChI is InChI=1S/C29H30N2O5S2/c1-29(2,3)26-18-37-28(31-26)30-22-12-14-23(15-13-22)36-24-10-7-11-25(17-24)38(34,35)19-21(16-27(32)33)20-8-5-4-6-9-20/h4-15,17-18,21H,16,19H2,1-3H3,(H,30,31)(H,32,33). The van der Waals surface area contributed by atoms with Gasteiger partial charge in [0, 0.05) is 22.4 Å². The van der Waals surface area contributed by atoms with E-state index in [1.807, 2.05) is 17.5 Å². The zero-order valence-corrected chi connectivity index (χ0v) is 23.1. The summed E-state index contributed by atoms with van der Waals surface area (Å²) in [5, 5.41) is 15.5. The van der Waals surface area contributed by atoms with Crippen molar-refractivity contribution in [3.63, 3.8) is 0 Å². The molecule has 0 aliphatic rings. The van der Waals surface area contributed by atoms with Gasteiger partial charge in [-0.05, 0) is 48.0 Å². The van der Waals surface area contributed by atoms with Crippen LogP contribution < -0.4 is 10.1 Å². The molecule has 0 amide bonds. The summed E-state index contributed by atoms with van der Waals surface area (Å²) in [4.78, 5) is 16.1. The molecule has 3 aromatic carbocycles. The number of ether oxygens (including phenoxy) is 1. The fourth-order valence-electron chi connectivity index (χ4n) is 3.84. The summed E-state index contributed by atoms with van der Waals surface area (Å²) >= 11 is 1.54. The van der Waals surface area contributed by atoms with Gasteiger partial charge in [0.15, 0.2) is 15.0 Å². The maximum absolute atomic E-state index is 13.2. The first-order chi connectivity index (χ1) is 18.0. The zero-order valence-electron chi connectivity index (χ0n) is 21.4. The van der Waals surface area contributed by atoms with E-state index in [1.165, 1.54) is 12.1 Å². The van der Waals surface area contributed by atoms with E-state index in [-0.39, 0.29) is 22.5 Å². The lowest BCUT2D eigenvalue weighted by Gasteiger charge is -2.16. The van der Waals surface area contributed by atoms with Gasteiger partial charge in [-0.1, -0.05) is 57.2 Å². The number of nitrogens with one attached hydrogen (secondary N) is 1. The molecule has 38 heavy (non-hydrogen) atoms. The van der Waals surface area contributed by atoms with E-state index in [1.54, 1.807) is 65.9 Å². The Morgan fingerprint density at radius 3 is 2.34 bits per heavy atom. The molecule has 2 N–H and O–H groups in total. The number of carboxylic acid groups (broad SMARTS) is 1. The summed E-state index contributed by atoms with van der Waals surface area (Å²) in [6.45, 7) is 6.36. The molecule has 0 saturated carbocycles. The number of rotatable bonds is 10. The molecule has 0 saturated heterocycles. The molecule has 0 spiro atoms. The summed E-state index contributed by atoms with van der Waals surface area (Å²) in [7, 11) is -3.78. The van der Waals surface area contributed by atoms with E-state index in [0.29, 0.717) is 17.1 Å². The molecule has 9 heteroatoms. The topological polar surface area (TPSA) is 106 Å². The molecule has 0 fully saturated rings. The van der Waals surface area contributed by atoms with Gasteiger partial charge in [0.1, 0.15) is 11.5 Å². The summed E-state index contributed by atoms with van der Waals surface area (Å²) in [5.74, 6) is -1.11. The van der Waals surface area contributed by atoms with Crippen LogP contribution in [0.25, 0.3) is 0 Å². The van der Waals surface area contributed by atoms with E-state index in [0.717, 1.165) is 16.5 Å². The molecular weight excluding hydrogens is 520 g/mol. The third-order valence-electron chi connectivity index (χ3n) is 5.89. The average molecular weight is 551 g/mol. The van der Waals surface area contributed by atoms with Crippen molar-refractivity contribution in [3.05, 3.63) is 95.5 Å². The van der Waals surface area contributed by atoms with Crippen molar-refractivity contribution in [1.29, 1.82) is 0 Å². The van der Waals surface area contributed by atoms with Crippen LogP contribution in [0.2, 0.25) is 0 Å². The largest absolute Gasteiger partial charge is 0.481 e. The highest BCUT2D eigenvalue weighted by atomic mass is 32.2. The zero-order chi connectivity index (χ0) is 27.3. The van der Waals surface area contributed by atoms with Crippen molar-refractivity contribution in [3.8, 4) is 11.5 Å². The Morgan fingerprint density at radius 2 is 1.71 bits per heavy atom. The number of benzene rings is 3. The van der Waals surface area contributed by atoms with Crippen LogP contribution in [-0.2, 0) is 20.0 Å². The van der Waals surface area contributed by atoms with Gasteiger partial charge in [-0.2, -0.15) is 0 Å². The fourth-order valence-corrected chi connectivity index (χ4v) is 6.41. The lowest BCUT2D eigenvalue weighted by molar-refractivity contribution is -0.137. The van der Waals surface area contributed by atoms with E-state index in [2.05, 4.69) is 31.1 Å². The van der Waals surface area contributed by atoms with Crippen LogP contribution in [0.1, 0.15) is 44.4 Å². The monoisotopic (exact) mass is 550 g/mol. The molecule has 0 bridgehead atoms. The highest BCUT2D eigenvalue weighted by Crippen LogP contribution is 2.31. The predicted octanol–water partition coefficient (Wildman–Crippen LogP) is 7.01. The molecule has 1 heterocycles. The SMILES string of the molecule is CC(C)(C)c1csc(Nc2ccc(Oc3cccc(S(=O)(=O)CC(CC(=O)O)c4ccccc4)c3)cc2)n1. The first kappa shape index (κ1) is 27.3. The summed E-state index contributed by atoms with van der Waals surface area (Å²) < 4.78 is 32.4. The Kier molecular flexibility index (Phi) is 8.18. The molecule has 4 rings (SSSR count). The van der Waals surface area contributed by atoms with Gasteiger partial charge in [-0.15, -0.1) is 11.3 Å². The average Bonchev–Trinajstić information content (AvgIpc) is 3.34. The van der Waals surface area contributed by atoms with Crippen LogP contribution in [0, 0.1) is 0 Å². The predicted molar refractivity (Wildman–Crippen MR) is 151 cm³/mol. The molecule has 1 atom stereocenters. The molecule has 1 unspecified atom stereocenters. The van der Waals surface area contributed by atoms with Crippen LogP contribution in [0.15, 0.2) is 89.1 Å². The highest BCUT2D eigenvalue weighted by molar-refractivity contribution is 7.91. The third-order valence-corrected chi connectivity index (χ3v) is 8.46. The van der Waals surface area contributed by atoms with Gasteiger partial charge in [-0.3, -0.25) is 4.79 Å². The van der Waals surface area contributed by atoms with Gasteiger partial charge in [0.05, 0.1) is 22.8 Å². The highest BCUT2D eigenvalue weighted by Gasteiger charge is 2.25. The number of anilines is 2. The number of aliphatic carboxylic acids is 1. The van der Waals surface area contributed by atoms with Gasteiger partial charge in [0.2, 0.25) is 0 Å². The van der Waals surface area contributed by atoms with E-state index < -0.39 is 21.7 Å². The van der Waals surface area contributed by atoms with Crippen molar-refractivity contribution in [2.24, 2.45) is 0 Å². The second-order valence-corrected chi connectivity index (χ2v) is 12.9. The second-order valence-electron chi connectivity index (χ2n) is 10.0. The van der Waals surface area contributed by atoms with Crippen LogP contribution >= 0.6 is 11.3 Å². The van der Waals surface area contributed by atoms with Crippen molar-refractivity contribution >= 4 is 38.0 Å². The van der Waals surface area contributed by atoms with Crippen LogP contribution in [0.3, 0.4) is 0 Å². The Hall–Kier alpha value is -3.69. The molecular formula is C29H30N2O5S2. The number of thiazole rings is 1. The minimum absolute atomic E-state index is 0.0190. The summed E-state index contributed by atoms with van der Waals surface area (Å²) in [6, 6.07) is 22.4. The molecule has 4 aromatic rings. The van der Waals surface area contributed by atoms with Crippen molar-refractivity contribution < 1.29 is 23.1 Å². The Morgan fingerprint density at radius 1 is 1.00 bits per heavy atom. The first-order valence-corrected chi connectivity index (χ1v) is 14.6. The van der Waals surface area contributed by atoms with Gasteiger partial charge in [0.25, 0.3) is 0 Å². The lowest BCUT2D eigenvalue weighted by atomic mass is 9.93. The van der Waals surface area contributed by atoms with E-state index in [9.17, 15) is 18.3 Å². The Balaban J connectivity index is 1.45. The van der Waals surface area contributed by atoms with Crippen molar-refractivity contribution in [2.75, 3.05) is 11.1 Å². The maximum atomic E-state index is 13.2. The molecule has 0 radical (unpaired) electrons. The Labute approximate surface area is 227 Å². The van der Waals surface area contributed by atoms with Crippen molar-refractivity contribution in [2.45, 2.75) is 43.4 Å². The molecule has 1 aromatic heterocycles. The number of nitrogens with zero attached hydrogens (tertiary/aromatic N) is 1. The quantitative estimate of drug-likeness (QED) is 0.219. The third kappa shape index (κ3) is 7.20.